The van der Waals surface area contributed by atoms with Crippen molar-refractivity contribution >= 4 is 40.7 Å². The van der Waals surface area contributed by atoms with Crippen LogP contribution in [-0.4, -0.2) is 77.6 Å². The van der Waals surface area contributed by atoms with Crippen LogP contribution in [0.5, 0.6) is 0 Å². The number of thiazole rings is 1. The van der Waals surface area contributed by atoms with E-state index in [1.165, 1.54) is 28.4 Å². The minimum Gasteiger partial charge on any atom is -0.480 e. The Morgan fingerprint density at radius 2 is 2.15 bits per heavy atom. The fourth-order valence-electron chi connectivity index (χ4n) is 4.49. The van der Waals surface area contributed by atoms with E-state index in [1.54, 1.807) is 18.5 Å². The van der Waals surface area contributed by atoms with E-state index in [4.69, 9.17) is 26.2 Å². The molecule has 2 aliphatic heterocycles. The van der Waals surface area contributed by atoms with Crippen LogP contribution in [0.2, 0.25) is 5.02 Å². The number of hydrogen-bond donors (Lipinski definition) is 2. The van der Waals surface area contributed by atoms with Gasteiger partial charge in [0.2, 0.25) is 0 Å². The van der Waals surface area contributed by atoms with Gasteiger partial charge in [-0.15, -0.1) is 11.3 Å². The van der Waals surface area contributed by atoms with Gasteiger partial charge in [0.15, 0.2) is 10.8 Å². The van der Waals surface area contributed by atoms with Gasteiger partial charge in [-0.25, -0.2) is 27.7 Å². The topological polar surface area (TPSA) is 113 Å². The number of nitrogens with one attached hydrogen (secondary N) is 1. The molecular weight excluding hydrogens is 561 g/mol. The highest BCUT2D eigenvalue weighted by Gasteiger charge is 2.42. The first kappa shape index (κ1) is 29.0. The largest absolute Gasteiger partial charge is 0.480 e. The van der Waals surface area contributed by atoms with Crippen LogP contribution in [0, 0.1) is 5.82 Å². The Kier molecular flexibility index (Phi) is 9.26. The van der Waals surface area contributed by atoms with Gasteiger partial charge in [0, 0.05) is 46.9 Å². The minimum atomic E-state index is -3.01. The Bertz CT molecular complexity index is 1270. The lowest BCUT2D eigenvalue weighted by Crippen LogP contribution is -2.53. The molecule has 1 aromatic carbocycles. The molecule has 0 aliphatic carbocycles. The van der Waals surface area contributed by atoms with Gasteiger partial charge in [-0.2, -0.15) is 0 Å². The number of alkyl halides is 2. The molecule has 0 radical (unpaired) electrons. The number of nitrogens with zero attached hydrogens (tertiary/aromatic N) is 3. The number of rotatable bonds is 10. The first-order valence-corrected chi connectivity index (χ1v) is 13.3. The highest BCUT2D eigenvalue weighted by atomic mass is 35.5. The average molecular weight is 587 g/mol. The van der Waals surface area contributed by atoms with E-state index in [-0.39, 0.29) is 54.7 Å². The Morgan fingerprint density at radius 3 is 2.82 bits per heavy atom. The van der Waals surface area contributed by atoms with Crippen molar-refractivity contribution in [3.05, 3.63) is 62.5 Å². The number of carboxylic acid groups (broad SMARTS) is 1. The Hall–Kier alpha value is -3.00. The number of carboxylic acids is 1. The number of benzene rings is 1. The second-order valence-corrected chi connectivity index (χ2v) is 10.3. The lowest BCUT2D eigenvalue weighted by molar-refractivity contribution is -0.144. The molecule has 0 unspecified atom stereocenters. The molecule has 2 N–H and O–H groups in total. The number of piperidine rings is 1. The van der Waals surface area contributed by atoms with Gasteiger partial charge < -0.3 is 19.9 Å². The first-order valence-electron chi connectivity index (χ1n) is 12.1. The molecule has 0 bridgehead atoms. The summed E-state index contributed by atoms with van der Waals surface area (Å²) >= 11 is 7.64. The van der Waals surface area contributed by atoms with Crippen LogP contribution in [0.3, 0.4) is 0 Å². The van der Waals surface area contributed by atoms with E-state index in [9.17, 15) is 22.8 Å². The number of esters is 1. The summed E-state index contributed by atoms with van der Waals surface area (Å²) in [5.74, 6) is -5.22. The molecule has 9 nitrogen and oxygen atoms in total. The van der Waals surface area contributed by atoms with Crippen LogP contribution in [-0.2, 0) is 19.1 Å². The summed E-state index contributed by atoms with van der Waals surface area (Å²) in [6.07, 6.45) is 1.23. The number of amidine groups is 1. The molecule has 3 heterocycles. The van der Waals surface area contributed by atoms with Crippen molar-refractivity contribution in [1.29, 1.82) is 0 Å². The van der Waals surface area contributed by atoms with Gasteiger partial charge in [-0.05, 0) is 25.5 Å². The first-order chi connectivity index (χ1) is 18.6. The lowest BCUT2D eigenvalue weighted by atomic mass is 9.94. The fraction of sp³-hybridized carbons (Fsp3) is 0.440. The van der Waals surface area contributed by atoms with Gasteiger partial charge in [-0.1, -0.05) is 17.7 Å². The molecule has 4 rings (SSSR count). The van der Waals surface area contributed by atoms with Crippen molar-refractivity contribution in [2.24, 2.45) is 4.99 Å². The summed E-state index contributed by atoms with van der Waals surface area (Å²) in [5.41, 5.74) is 0.587. The van der Waals surface area contributed by atoms with Gasteiger partial charge in [0.1, 0.15) is 18.5 Å². The summed E-state index contributed by atoms with van der Waals surface area (Å²) in [7, 11) is 0. The quantitative estimate of drug-likeness (QED) is 0.401. The van der Waals surface area contributed by atoms with E-state index in [2.05, 4.69) is 15.3 Å². The summed E-state index contributed by atoms with van der Waals surface area (Å²) in [6.45, 7) is 0.202. The van der Waals surface area contributed by atoms with Crippen molar-refractivity contribution in [3.8, 4) is 0 Å². The van der Waals surface area contributed by atoms with Crippen LogP contribution in [0.4, 0.5) is 13.2 Å². The number of halogens is 4. The highest BCUT2D eigenvalue weighted by molar-refractivity contribution is 7.11. The van der Waals surface area contributed by atoms with Crippen molar-refractivity contribution in [2.75, 3.05) is 32.9 Å². The van der Waals surface area contributed by atoms with Crippen molar-refractivity contribution in [2.45, 2.75) is 37.8 Å². The van der Waals surface area contributed by atoms with Gasteiger partial charge >= 0.3 is 11.9 Å². The zero-order valence-electron chi connectivity index (χ0n) is 20.8. The standard InChI is InChI=1S/C25H26ClF3N4O5S/c1-2-38-24(36)20-18(10-33-13-25(28,29)6-5-15(33)11-37-12-19(34)35)31-22(23-30-7-8-39-23)32-21(20)16-4-3-14(27)9-17(16)26/h3-4,7-9,15,21H,2,5-6,10-13H2,1H3,(H,31,32)(H,34,35)/t15-,21-/m0/s1. The second-order valence-electron chi connectivity index (χ2n) is 8.98. The van der Waals surface area contributed by atoms with Crippen LogP contribution in [0.15, 0.2) is 46.0 Å². The van der Waals surface area contributed by atoms with Crippen LogP contribution < -0.4 is 5.32 Å². The molecule has 1 fully saturated rings. The van der Waals surface area contributed by atoms with E-state index in [0.717, 1.165) is 6.07 Å². The molecule has 2 aliphatic rings. The summed E-state index contributed by atoms with van der Waals surface area (Å²) in [5, 5.41) is 14.2. The molecule has 14 heteroatoms. The number of carbonyl (C=O) groups excluding carboxylic acids is 1. The minimum absolute atomic E-state index is 0.0229. The highest BCUT2D eigenvalue weighted by Crippen LogP contribution is 2.38. The predicted octanol–water partition coefficient (Wildman–Crippen LogP) is 4.04. The van der Waals surface area contributed by atoms with E-state index >= 15 is 0 Å². The molecule has 39 heavy (non-hydrogen) atoms. The maximum atomic E-state index is 14.6. The van der Waals surface area contributed by atoms with Gasteiger partial charge in [0.05, 0.1) is 25.3 Å². The van der Waals surface area contributed by atoms with Crippen molar-refractivity contribution in [1.82, 2.24) is 15.2 Å². The summed E-state index contributed by atoms with van der Waals surface area (Å²) in [4.78, 5) is 34.6. The molecule has 2 aromatic rings. The van der Waals surface area contributed by atoms with Crippen LogP contribution >= 0.6 is 22.9 Å². The van der Waals surface area contributed by atoms with Crippen LogP contribution in [0.25, 0.3) is 0 Å². The molecule has 0 amide bonds. The van der Waals surface area contributed by atoms with Crippen molar-refractivity contribution < 1.29 is 37.3 Å². The number of carbonyl (C=O) groups is 2. The number of likely N-dealkylation sites (tertiary alicyclic amines) is 1. The molecule has 2 atom stereocenters. The number of aliphatic imine (C=N–C) groups is 1. The number of aliphatic carboxylic acids is 1. The maximum Gasteiger partial charge on any atom is 0.338 e. The average Bonchev–Trinajstić information content (AvgIpc) is 3.40. The summed E-state index contributed by atoms with van der Waals surface area (Å²) < 4.78 is 53.5. The van der Waals surface area contributed by atoms with Gasteiger partial charge in [-0.3, -0.25) is 9.89 Å². The molecule has 210 valence electrons. The molecule has 0 saturated carbocycles. The summed E-state index contributed by atoms with van der Waals surface area (Å²) in [6, 6.07) is 2.10. The van der Waals surface area contributed by atoms with E-state index in [0.29, 0.717) is 10.6 Å². The zero-order valence-corrected chi connectivity index (χ0v) is 22.4. The number of ether oxygens (including phenoxy) is 2. The third-order valence-electron chi connectivity index (χ3n) is 6.20. The zero-order chi connectivity index (χ0) is 28.2. The van der Waals surface area contributed by atoms with Gasteiger partial charge in [0.25, 0.3) is 5.92 Å². The smallest absolute Gasteiger partial charge is 0.338 e. The van der Waals surface area contributed by atoms with Crippen molar-refractivity contribution in [3.63, 3.8) is 0 Å². The maximum absolute atomic E-state index is 14.6. The predicted molar refractivity (Wildman–Crippen MR) is 138 cm³/mol. The Labute approximate surface area is 231 Å². The second kappa shape index (κ2) is 12.5. The Morgan fingerprint density at radius 1 is 1.36 bits per heavy atom. The van der Waals surface area contributed by atoms with E-state index in [1.807, 2.05) is 0 Å². The number of aromatic nitrogens is 1. The molecular formula is C25H26ClF3N4O5S. The Balaban J connectivity index is 1.78. The van der Waals surface area contributed by atoms with Crippen LogP contribution in [0.1, 0.15) is 36.4 Å². The molecule has 0 spiro atoms. The molecule has 1 saturated heterocycles. The monoisotopic (exact) mass is 586 g/mol. The van der Waals surface area contributed by atoms with E-state index < -0.39 is 48.9 Å². The normalized spacial score (nSPS) is 21.3. The lowest BCUT2D eigenvalue weighted by Gasteiger charge is -2.40. The fourth-order valence-corrected chi connectivity index (χ4v) is 5.35. The third-order valence-corrected chi connectivity index (χ3v) is 7.31. The third kappa shape index (κ3) is 7.15. The SMILES string of the molecule is CCOC(=O)C1=C(CN2CC(F)(F)CC[C@H]2COCC(=O)O)NC(c2nccs2)=N[C@H]1c1ccc(F)cc1Cl. The number of hydrogen-bond acceptors (Lipinski definition) is 9. The molecule has 1 aromatic heterocycles.